The summed E-state index contributed by atoms with van der Waals surface area (Å²) in [5, 5.41) is 7.37. The van der Waals surface area contributed by atoms with Gasteiger partial charge in [-0.25, -0.2) is 9.37 Å². The van der Waals surface area contributed by atoms with Gasteiger partial charge in [-0.2, -0.15) is 5.10 Å². The largest absolute Gasteiger partial charge is 0.484 e. The number of halogens is 1. The number of carbonyl (C=O) groups is 1. The molecular formula is C25H26FN5O2. The molecule has 0 spiro atoms. The molecule has 0 unspecified atom stereocenters. The van der Waals surface area contributed by atoms with Crippen LogP contribution in [0.1, 0.15) is 40.7 Å². The number of amides is 1. The maximum atomic E-state index is 13.7. The Bertz CT molecular complexity index is 1310. The number of benzene rings is 2. The molecule has 7 nitrogen and oxygen atoms in total. The van der Waals surface area contributed by atoms with Crippen LogP contribution in [0.2, 0.25) is 0 Å². The summed E-state index contributed by atoms with van der Waals surface area (Å²) < 4.78 is 19.3. The third-order valence-corrected chi connectivity index (χ3v) is 6.12. The van der Waals surface area contributed by atoms with Crippen LogP contribution >= 0.6 is 0 Å². The molecular weight excluding hydrogens is 421 g/mol. The van der Waals surface area contributed by atoms with Crippen LogP contribution in [-0.4, -0.2) is 44.1 Å². The number of fused-ring (bicyclic) bond motifs is 1. The van der Waals surface area contributed by atoms with E-state index in [4.69, 9.17) is 4.74 Å². The van der Waals surface area contributed by atoms with E-state index in [0.717, 1.165) is 34.4 Å². The number of nitrogens with one attached hydrogen (secondary N) is 2. The molecule has 8 heteroatoms. The second kappa shape index (κ2) is 8.69. The third-order valence-electron chi connectivity index (χ3n) is 6.12. The van der Waals surface area contributed by atoms with E-state index >= 15 is 0 Å². The third kappa shape index (κ3) is 4.46. The first-order valence-corrected chi connectivity index (χ1v) is 11.1. The highest BCUT2D eigenvalue weighted by atomic mass is 19.1. The van der Waals surface area contributed by atoms with Crippen molar-refractivity contribution in [1.29, 1.82) is 0 Å². The molecule has 0 saturated carbocycles. The van der Waals surface area contributed by atoms with Crippen molar-refractivity contribution in [2.45, 2.75) is 39.2 Å². The van der Waals surface area contributed by atoms with Crippen molar-refractivity contribution in [2.24, 2.45) is 0 Å². The first-order valence-electron chi connectivity index (χ1n) is 11.1. The summed E-state index contributed by atoms with van der Waals surface area (Å²) in [5.74, 6) is 0.733. The van der Waals surface area contributed by atoms with E-state index < -0.39 is 5.82 Å². The molecule has 2 N–H and O–H groups in total. The molecule has 33 heavy (non-hydrogen) atoms. The average Bonchev–Trinajstić information content (AvgIpc) is 3.52. The first kappa shape index (κ1) is 21.2. The van der Waals surface area contributed by atoms with E-state index in [2.05, 4.69) is 39.2 Å². The Morgan fingerprint density at radius 2 is 2.09 bits per heavy atom. The minimum atomic E-state index is -0.392. The van der Waals surface area contributed by atoms with Crippen LogP contribution in [-0.2, 0) is 17.8 Å². The van der Waals surface area contributed by atoms with Crippen molar-refractivity contribution < 1.29 is 13.9 Å². The predicted molar refractivity (Wildman–Crippen MR) is 123 cm³/mol. The zero-order chi connectivity index (χ0) is 22.9. The van der Waals surface area contributed by atoms with Crippen molar-refractivity contribution >= 4 is 16.9 Å². The molecule has 1 atom stereocenters. The second-order valence-corrected chi connectivity index (χ2v) is 8.70. The summed E-state index contributed by atoms with van der Waals surface area (Å²) in [6, 6.07) is 12.4. The highest BCUT2D eigenvalue weighted by Gasteiger charge is 2.29. The topological polar surface area (TPSA) is 86.9 Å². The number of ether oxygens (including phenoxy) is 1. The lowest BCUT2D eigenvalue weighted by atomic mass is 10.1. The molecule has 5 rings (SSSR count). The van der Waals surface area contributed by atoms with Crippen LogP contribution in [0.5, 0.6) is 5.75 Å². The Morgan fingerprint density at radius 1 is 1.24 bits per heavy atom. The van der Waals surface area contributed by atoms with E-state index in [-0.39, 0.29) is 30.6 Å². The number of imidazole rings is 1. The Balaban J connectivity index is 1.19. The highest BCUT2D eigenvalue weighted by Crippen LogP contribution is 2.27. The van der Waals surface area contributed by atoms with Crippen LogP contribution in [0.15, 0.2) is 42.5 Å². The second-order valence-electron chi connectivity index (χ2n) is 8.70. The number of aryl methyl sites for hydroxylation is 2. The quantitative estimate of drug-likeness (QED) is 0.464. The molecule has 170 valence electrons. The van der Waals surface area contributed by atoms with E-state index in [0.29, 0.717) is 18.9 Å². The SMILES string of the molecule is Cc1cc(C)c2nc(CC(=O)N3CC[C@H](c4cc(COc5ccccc5F)[nH]n4)C3)[nH]c2c1. The van der Waals surface area contributed by atoms with Gasteiger partial charge < -0.3 is 14.6 Å². The van der Waals surface area contributed by atoms with Gasteiger partial charge in [-0.05, 0) is 55.7 Å². The molecule has 4 aromatic rings. The van der Waals surface area contributed by atoms with Crippen LogP contribution in [0, 0.1) is 19.7 Å². The van der Waals surface area contributed by atoms with Crippen molar-refractivity contribution in [1.82, 2.24) is 25.1 Å². The number of aromatic amines is 2. The van der Waals surface area contributed by atoms with E-state index in [1.54, 1.807) is 18.2 Å². The number of carbonyl (C=O) groups excluding carboxylic acids is 1. The lowest BCUT2D eigenvalue weighted by molar-refractivity contribution is -0.129. The first-order chi connectivity index (χ1) is 16.0. The van der Waals surface area contributed by atoms with Gasteiger partial charge in [0.15, 0.2) is 11.6 Å². The lowest BCUT2D eigenvalue weighted by Gasteiger charge is -2.15. The minimum absolute atomic E-state index is 0.0598. The van der Waals surface area contributed by atoms with Crippen molar-refractivity contribution in [3.63, 3.8) is 0 Å². The monoisotopic (exact) mass is 447 g/mol. The summed E-state index contributed by atoms with van der Waals surface area (Å²) in [4.78, 5) is 22.7. The molecule has 1 aliphatic heterocycles. The fourth-order valence-electron chi connectivity index (χ4n) is 4.47. The molecule has 1 amide bonds. The smallest absolute Gasteiger partial charge is 0.230 e. The molecule has 0 radical (unpaired) electrons. The van der Waals surface area contributed by atoms with Crippen molar-refractivity contribution in [3.8, 4) is 5.75 Å². The number of nitrogens with zero attached hydrogens (tertiary/aromatic N) is 3. The molecule has 2 aromatic heterocycles. The predicted octanol–water partition coefficient (Wildman–Crippen LogP) is 4.18. The number of aromatic nitrogens is 4. The zero-order valence-electron chi connectivity index (χ0n) is 18.7. The van der Waals surface area contributed by atoms with Gasteiger partial charge >= 0.3 is 0 Å². The standard InChI is InChI=1S/C25H26FN5O2/c1-15-9-16(2)25-21(10-15)27-23(28-25)12-24(32)31-8-7-17(13-31)20-11-18(29-30-20)14-33-22-6-4-3-5-19(22)26/h3-6,9-11,17H,7-8,12-14H2,1-2H3,(H,27,28)(H,29,30)/t17-/m0/s1. The fraction of sp³-hybridized carbons (Fsp3) is 0.320. The van der Waals surface area contributed by atoms with Crippen LogP contribution in [0.3, 0.4) is 0 Å². The average molecular weight is 448 g/mol. The fourth-order valence-corrected chi connectivity index (χ4v) is 4.47. The van der Waals surface area contributed by atoms with Gasteiger partial charge in [0.05, 0.1) is 28.8 Å². The van der Waals surface area contributed by atoms with Gasteiger partial charge in [-0.1, -0.05) is 18.2 Å². The van der Waals surface area contributed by atoms with Crippen molar-refractivity contribution in [2.75, 3.05) is 13.1 Å². The van der Waals surface area contributed by atoms with E-state index in [1.165, 1.54) is 11.6 Å². The number of rotatable bonds is 6. The number of likely N-dealkylation sites (tertiary alicyclic amines) is 1. The summed E-state index contributed by atoms with van der Waals surface area (Å²) >= 11 is 0. The molecule has 1 saturated heterocycles. The molecule has 1 aliphatic rings. The molecule has 0 bridgehead atoms. The van der Waals surface area contributed by atoms with Crippen LogP contribution in [0.4, 0.5) is 4.39 Å². The Kier molecular flexibility index (Phi) is 5.58. The minimum Gasteiger partial charge on any atom is -0.484 e. The Hall–Kier alpha value is -3.68. The van der Waals surface area contributed by atoms with Gasteiger partial charge in [0, 0.05) is 19.0 Å². The maximum absolute atomic E-state index is 13.7. The number of H-pyrrole nitrogens is 2. The van der Waals surface area contributed by atoms with Gasteiger partial charge in [-0.3, -0.25) is 9.89 Å². The molecule has 1 fully saturated rings. The lowest BCUT2D eigenvalue weighted by Crippen LogP contribution is -2.30. The highest BCUT2D eigenvalue weighted by molar-refractivity contribution is 5.82. The molecule has 3 heterocycles. The van der Waals surface area contributed by atoms with E-state index in [9.17, 15) is 9.18 Å². The zero-order valence-corrected chi connectivity index (χ0v) is 18.7. The molecule has 2 aromatic carbocycles. The van der Waals surface area contributed by atoms with Crippen LogP contribution in [0.25, 0.3) is 11.0 Å². The van der Waals surface area contributed by atoms with Crippen molar-refractivity contribution in [3.05, 3.63) is 76.6 Å². The van der Waals surface area contributed by atoms with Gasteiger partial charge in [0.1, 0.15) is 12.4 Å². The van der Waals surface area contributed by atoms with Gasteiger partial charge in [-0.15, -0.1) is 0 Å². The summed E-state index contributed by atoms with van der Waals surface area (Å²) in [6.07, 6.45) is 1.10. The number of hydrogen-bond donors (Lipinski definition) is 2. The Labute approximate surface area is 191 Å². The molecule has 0 aliphatic carbocycles. The summed E-state index contributed by atoms with van der Waals surface area (Å²) in [7, 11) is 0. The van der Waals surface area contributed by atoms with Gasteiger partial charge in [0.25, 0.3) is 0 Å². The summed E-state index contributed by atoms with van der Waals surface area (Å²) in [5.41, 5.74) is 5.83. The Morgan fingerprint density at radius 3 is 2.94 bits per heavy atom. The number of hydrogen-bond acceptors (Lipinski definition) is 4. The van der Waals surface area contributed by atoms with Gasteiger partial charge in [0.2, 0.25) is 5.91 Å². The normalized spacial score (nSPS) is 16.0. The maximum Gasteiger partial charge on any atom is 0.230 e. The van der Waals surface area contributed by atoms with E-state index in [1.807, 2.05) is 17.9 Å². The summed E-state index contributed by atoms with van der Waals surface area (Å²) in [6.45, 7) is 5.60. The number of para-hydroxylation sites is 1. The van der Waals surface area contributed by atoms with Crippen LogP contribution < -0.4 is 4.74 Å².